The summed E-state index contributed by atoms with van der Waals surface area (Å²) in [5.74, 6) is -0.703. The van der Waals surface area contributed by atoms with Crippen molar-refractivity contribution in [1.29, 1.82) is 0 Å². The fourth-order valence-corrected chi connectivity index (χ4v) is 1.77. The Bertz CT molecular complexity index is 594. The summed E-state index contributed by atoms with van der Waals surface area (Å²) in [5.41, 5.74) is 0.437. The van der Waals surface area contributed by atoms with E-state index in [1.54, 1.807) is 0 Å². The minimum absolute atomic E-state index is 0.0248. The Hall–Kier alpha value is -1.93. The predicted molar refractivity (Wildman–Crippen MR) is 65.9 cm³/mol. The molecule has 0 bridgehead atoms. The molecule has 3 N–H and O–H groups in total. The number of anilines is 2. The lowest BCUT2D eigenvalue weighted by atomic mass is 10.1. The second kappa shape index (κ2) is 5.15. The van der Waals surface area contributed by atoms with Crippen molar-refractivity contribution < 1.29 is 22.6 Å². The molecule has 1 aromatic carbocycles. The van der Waals surface area contributed by atoms with Gasteiger partial charge in [-0.3, -0.25) is 18.9 Å². The molecule has 0 aliphatic heterocycles. The van der Waals surface area contributed by atoms with E-state index >= 15 is 0 Å². The molecule has 1 rings (SSSR count). The Labute approximate surface area is 104 Å². The topological polar surface area (TPSA) is 113 Å². The molecular weight excluding hydrogens is 260 g/mol. The summed E-state index contributed by atoms with van der Waals surface area (Å²) < 4.78 is 31.7. The average Bonchev–Trinajstić information content (AvgIpc) is 2.17. The molecule has 0 unspecified atom stereocenters. The number of amides is 1. The van der Waals surface area contributed by atoms with Gasteiger partial charge in [-0.25, -0.2) is 0 Å². The summed E-state index contributed by atoms with van der Waals surface area (Å²) in [6, 6.07) is 3.90. The zero-order valence-electron chi connectivity index (χ0n) is 9.72. The number of benzene rings is 1. The highest BCUT2D eigenvalue weighted by Crippen LogP contribution is 2.21. The highest BCUT2D eigenvalue weighted by molar-refractivity contribution is 7.87. The Morgan fingerprint density at radius 2 is 1.83 bits per heavy atom. The number of nitrogens with one attached hydrogen (secondary N) is 2. The number of carbonyl (C=O) groups excluding carboxylic acids is 2. The van der Waals surface area contributed by atoms with Crippen LogP contribution in [0.15, 0.2) is 18.2 Å². The third-order valence-electron chi connectivity index (χ3n) is 1.96. The smallest absolute Gasteiger partial charge is 0.326 e. The predicted octanol–water partition coefficient (Wildman–Crippen LogP) is 1.06. The number of ketones is 1. The van der Waals surface area contributed by atoms with Crippen LogP contribution in [0.5, 0.6) is 0 Å². The van der Waals surface area contributed by atoms with Gasteiger partial charge in [0.15, 0.2) is 5.78 Å². The highest BCUT2D eigenvalue weighted by Gasteiger charge is 2.11. The largest absolute Gasteiger partial charge is 0.357 e. The van der Waals surface area contributed by atoms with Gasteiger partial charge in [-0.15, -0.1) is 0 Å². The van der Waals surface area contributed by atoms with E-state index < -0.39 is 10.3 Å². The molecule has 0 aromatic heterocycles. The van der Waals surface area contributed by atoms with Crippen LogP contribution in [-0.2, 0) is 15.1 Å². The lowest BCUT2D eigenvalue weighted by molar-refractivity contribution is -0.114. The monoisotopic (exact) mass is 272 g/mol. The zero-order valence-corrected chi connectivity index (χ0v) is 10.5. The molecule has 1 amide bonds. The highest BCUT2D eigenvalue weighted by atomic mass is 32.2. The van der Waals surface area contributed by atoms with Crippen molar-refractivity contribution in [1.82, 2.24) is 0 Å². The van der Waals surface area contributed by atoms with Crippen molar-refractivity contribution in [2.24, 2.45) is 0 Å². The van der Waals surface area contributed by atoms with Crippen LogP contribution in [0.1, 0.15) is 24.2 Å². The molecule has 1 aromatic rings. The number of hydrogen-bond acceptors (Lipinski definition) is 4. The van der Waals surface area contributed by atoms with Gasteiger partial charge in [-0.1, -0.05) is 0 Å². The first-order chi connectivity index (χ1) is 8.19. The quantitative estimate of drug-likeness (QED) is 0.560. The van der Waals surface area contributed by atoms with Gasteiger partial charge in [0.2, 0.25) is 5.91 Å². The molecule has 18 heavy (non-hydrogen) atoms. The summed E-state index contributed by atoms with van der Waals surface area (Å²) in [6.45, 7) is 2.56. The molecule has 7 nitrogen and oxygen atoms in total. The van der Waals surface area contributed by atoms with Crippen LogP contribution >= 0.6 is 0 Å². The van der Waals surface area contributed by atoms with Gasteiger partial charge in [0.05, 0.1) is 11.4 Å². The van der Waals surface area contributed by atoms with Crippen LogP contribution in [0, 0.1) is 0 Å². The molecule has 0 saturated heterocycles. The summed E-state index contributed by atoms with van der Waals surface area (Å²) in [5, 5.41) is 2.45. The molecule has 0 spiro atoms. The van der Waals surface area contributed by atoms with Crippen LogP contribution in [0.2, 0.25) is 0 Å². The zero-order chi connectivity index (χ0) is 13.9. The lowest BCUT2D eigenvalue weighted by Gasteiger charge is -2.10. The standard InChI is InChI=1S/C10H12N2O5S/c1-6(13)9-5-8(12-18(15,16)17)3-4-10(9)11-7(2)14/h3-5,12H,1-2H3,(H,11,14)(H,15,16,17). The SMILES string of the molecule is CC(=O)Nc1ccc(NS(=O)(=O)O)cc1C(C)=O. The van der Waals surface area contributed by atoms with Crippen molar-refractivity contribution in [3.05, 3.63) is 23.8 Å². The van der Waals surface area contributed by atoms with Crippen molar-refractivity contribution >= 4 is 33.4 Å². The van der Waals surface area contributed by atoms with Crippen molar-refractivity contribution in [2.45, 2.75) is 13.8 Å². The van der Waals surface area contributed by atoms with Crippen molar-refractivity contribution in [3.8, 4) is 0 Å². The van der Waals surface area contributed by atoms with Crippen LogP contribution in [0.25, 0.3) is 0 Å². The Morgan fingerprint density at radius 3 is 2.28 bits per heavy atom. The van der Waals surface area contributed by atoms with Gasteiger partial charge < -0.3 is 5.32 Å². The first kappa shape index (κ1) is 14.1. The van der Waals surface area contributed by atoms with E-state index in [9.17, 15) is 18.0 Å². The molecule has 8 heteroatoms. The fourth-order valence-electron chi connectivity index (χ4n) is 1.35. The second-order valence-electron chi connectivity index (χ2n) is 3.57. The van der Waals surface area contributed by atoms with E-state index in [1.807, 2.05) is 4.72 Å². The van der Waals surface area contributed by atoms with Crippen molar-refractivity contribution in [3.63, 3.8) is 0 Å². The summed E-state index contributed by atoms with van der Waals surface area (Å²) in [6.07, 6.45) is 0. The number of rotatable bonds is 4. The number of Topliss-reactive ketones (excluding diaryl/α,β-unsaturated/α-hetero) is 1. The van der Waals surface area contributed by atoms with Gasteiger partial charge >= 0.3 is 10.3 Å². The molecule has 0 fully saturated rings. The van der Waals surface area contributed by atoms with Gasteiger partial charge in [-0.05, 0) is 25.1 Å². The van der Waals surface area contributed by atoms with Crippen LogP contribution in [0.4, 0.5) is 11.4 Å². The molecular formula is C10H12N2O5S. The van der Waals surface area contributed by atoms with E-state index in [-0.39, 0.29) is 28.6 Å². The van der Waals surface area contributed by atoms with Gasteiger partial charge in [0.1, 0.15) is 0 Å². The van der Waals surface area contributed by atoms with E-state index in [0.717, 1.165) is 0 Å². The lowest BCUT2D eigenvalue weighted by Crippen LogP contribution is -2.13. The third-order valence-corrected chi connectivity index (χ3v) is 2.45. The molecule has 0 aliphatic rings. The van der Waals surface area contributed by atoms with Gasteiger partial charge in [0.25, 0.3) is 0 Å². The number of carbonyl (C=O) groups is 2. The third kappa shape index (κ3) is 4.15. The average molecular weight is 272 g/mol. The first-order valence-corrected chi connectivity index (χ1v) is 6.31. The molecule has 0 heterocycles. The Kier molecular flexibility index (Phi) is 4.04. The molecule has 0 radical (unpaired) electrons. The summed E-state index contributed by atoms with van der Waals surface area (Å²) in [7, 11) is -4.40. The maximum absolute atomic E-state index is 11.4. The normalized spacial score (nSPS) is 10.8. The van der Waals surface area contributed by atoms with Gasteiger partial charge in [-0.2, -0.15) is 8.42 Å². The molecule has 98 valence electrons. The van der Waals surface area contributed by atoms with Crippen LogP contribution in [0.3, 0.4) is 0 Å². The maximum Gasteiger partial charge on any atom is 0.357 e. The van der Waals surface area contributed by atoms with Crippen molar-refractivity contribution in [2.75, 3.05) is 10.0 Å². The van der Waals surface area contributed by atoms with E-state index in [1.165, 1.54) is 32.0 Å². The second-order valence-corrected chi connectivity index (χ2v) is 4.73. The minimum Gasteiger partial charge on any atom is -0.326 e. The molecule has 0 atom stereocenters. The molecule has 0 aliphatic carbocycles. The van der Waals surface area contributed by atoms with E-state index in [2.05, 4.69) is 5.32 Å². The minimum atomic E-state index is -4.40. The number of hydrogen-bond donors (Lipinski definition) is 3. The van der Waals surface area contributed by atoms with Crippen LogP contribution < -0.4 is 10.0 Å². The summed E-state index contributed by atoms with van der Waals surface area (Å²) in [4.78, 5) is 22.3. The Morgan fingerprint density at radius 1 is 1.22 bits per heavy atom. The van der Waals surface area contributed by atoms with E-state index in [4.69, 9.17) is 4.55 Å². The maximum atomic E-state index is 11.4. The summed E-state index contributed by atoms with van der Waals surface area (Å²) >= 11 is 0. The fraction of sp³-hybridized carbons (Fsp3) is 0.200. The Balaban J connectivity index is 3.19. The van der Waals surface area contributed by atoms with E-state index in [0.29, 0.717) is 0 Å². The molecule has 0 saturated carbocycles. The first-order valence-electron chi connectivity index (χ1n) is 4.87. The van der Waals surface area contributed by atoms with Crippen LogP contribution in [-0.4, -0.2) is 24.7 Å². The van der Waals surface area contributed by atoms with Gasteiger partial charge in [0, 0.05) is 12.5 Å².